The Morgan fingerprint density at radius 2 is 1.83 bits per heavy atom. The SMILES string of the molecule is Cc1cc(Br)c(OCC(=O)N(C2CC2)[C@@H]2CCS(=O)(=O)C2)c(Br)c1. The van der Waals surface area contributed by atoms with Crippen molar-refractivity contribution in [1.82, 2.24) is 4.90 Å². The number of aryl methyl sites for hydroxylation is 1. The van der Waals surface area contributed by atoms with Crippen LogP contribution in [0.5, 0.6) is 5.75 Å². The van der Waals surface area contributed by atoms with Gasteiger partial charge in [-0.05, 0) is 75.7 Å². The molecule has 0 N–H and O–H groups in total. The minimum absolute atomic E-state index is 0.0765. The van der Waals surface area contributed by atoms with Crippen molar-refractivity contribution in [3.05, 3.63) is 26.6 Å². The first-order valence-electron chi connectivity index (χ1n) is 7.87. The average Bonchev–Trinajstić information content (AvgIpc) is 3.22. The molecule has 1 aromatic rings. The molecule has 8 heteroatoms. The Kier molecular flexibility index (Phi) is 5.28. The normalized spacial score (nSPS) is 22.4. The number of halogens is 2. The van der Waals surface area contributed by atoms with Crippen LogP contribution in [0.3, 0.4) is 0 Å². The third-order valence-corrected chi connectivity index (χ3v) is 7.24. The van der Waals surface area contributed by atoms with E-state index in [0.29, 0.717) is 12.2 Å². The summed E-state index contributed by atoms with van der Waals surface area (Å²) in [7, 11) is -3.01. The lowest BCUT2D eigenvalue weighted by Crippen LogP contribution is -2.45. The summed E-state index contributed by atoms with van der Waals surface area (Å²) in [5, 5.41) is 0. The van der Waals surface area contributed by atoms with E-state index in [9.17, 15) is 13.2 Å². The van der Waals surface area contributed by atoms with Crippen LogP contribution in [0.15, 0.2) is 21.1 Å². The van der Waals surface area contributed by atoms with Gasteiger partial charge in [-0.15, -0.1) is 0 Å². The maximum absolute atomic E-state index is 12.7. The van der Waals surface area contributed by atoms with Crippen molar-refractivity contribution < 1.29 is 17.9 Å². The first kappa shape index (κ1) is 18.2. The number of nitrogens with zero attached hydrogens (tertiary/aromatic N) is 1. The van der Waals surface area contributed by atoms with Crippen LogP contribution in [0.2, 0.25) is 0 Å². The molecule has 2 aliphatic rings. The summed E-state index contributed by atoms with van der Waals surface area (Å²) in [5.74, 6) is 0.694. The Balaban J connectivity index is 1.69. The van der Waals surface area contributed by atoms with E-state index in [-0.39, 0.29) is 36.1 Å². The van der Waals surface area contributed by atoms with Crippen molar-refractivity contribution in [2.45, 2.75) is 38.3 Å². The smallest absolute Gasteiger partial charge is 0.261 e. The van der Waals surface area contributed by atoms with Crippen molar-refractivity contribution in [1.29, 1.82) is 0 Å². The van der Waals surface area contributed by atoms with Crippen LogP contribution in [0.25, 0.3) is 0 Å². The molecule has 132 valence electrons. The summed E-state index contributed by atoms with van der Waals surface area (Å²) in [4.78, 5) is 14.4. The number of carbonyl (C=O) groups excluding carboxylic acids is 1. The number of amides is 1. The van der Waals surface area contributed by atoms with Gasteiger partial charge in [0, 0.05) is 12.1 Å². The van der Waals surface area contributed by atoms with Crippen molar-refractivity contribution in [3.63, 3.8) is 0 Å². The Hall–Kier alpha value is -0.600. The highest BCUT2D eigenvalue weighted by Crippen LogP contribution is 2.36. The number of sulfone groups is 1. The molecule has 0 bridgehead atoms. The van der Waals surface area contributed by atoms with Gasteiger partial charge in [-0.2, -0.15) is 0 Å². The van der Waals surface area contributed by atoms with E-state index < -0.39 is 9.84 Å². The largest absolute Gasteiger partial charge is 0.481 e. The van der Waals surface area contributed by atoms with E-state index >= 15 is 0 Å². The number of ether oxygens (including phenoxy) is 1. The van der Waals surface area contributed by atoms with E-state index in [2.05, 4.69) is 31.9 Å². The summed E-state index contributed by atoms with van der Waals surface area (Å²) in [5.41, 5.74) is 1.07. The molecule has 1 saturated carbocycles. The molecule has 0 radical (unpaired) electrons. The highest BCUT2D eigenvalue weighted by molar-refractivity contribution is 9.11. The second-order valence-electron chi connectivity index (χ2n) is 6.44. The fourth-order valence-corrected chi connectivity index (χ4v) is 6.44. The van der Waals surface area contributed by atoms with Crippen molar-refractivity contribution in [3.8, 4) is 5.75 Å². The van der Waals surface area contributed by atoms with Crippen LogP contribution in [0, 0.1) is 6.92 Å². The maximum Gasteiger partial charge on any atom is 0.261 e. The molecular formula is C16H19Br2NO4S. The average molecular weight is 481 g/mol. The summed E-state index contributed by atoms with van der Waals surface area (Å²) in [6.45, 7) is 1.88. The van der Waals surface area contributed by atoms with E-state index in [4.69, 9.17) is 4.74 Å². The zero-order valence-electron chi connectivity index (χ0n) is 13.3. The molecule has 1 amide bonds. The van der Waals surface area contributed by atoms with Gasteiger partial charge in [0.25, 0.3) is 5.91 Å². The maximum atomic E-state index is 12.7. The summed E-state index contributed by atoms with van der Waals surface area (Å²) >= 11 is 6.90. The van der Waals surface area contributed by atoms with Crippen LogP contribution in [-0.2, 0) is 14.6 Å². The van der Waals surface area contributed by atoms with E-state index in [1.165, 1.54) is 0 Å². The first-order chi connectivity index (χ1) is 11.3. The number of hydrogen-bond acceptors (Lipinski definition) is 4. The minimum atomic E-state index is -3.01. The van der Waals surface area contributed by atoms with Gasteiger partial charge in [0.15, 0.2) is 16.4 Å². The topological polar surface area (TPSA) is 63.7 Å². The third kappa shape index (κ3) is 4.14. The predicted molar refractivity (Wildman–Crippen MR) is 99.0 cm³/mol. The zero-order valence-corrected chi connectivity index (χ0v) is 17.3. The Morgan fingerprint density at radius 1 is 1.21 bits per heavy atom. The Bertz CT molecular complexity index is 738. The number of carbonyl (C=O) groups is 1. The molecule has 0 spiro atoms. The fourth-order valence-electron chi connectivity index (χ4n) is 3.09. The van der Waals surface area contributed by atoms with Gasteiger partial charge in [0.05, 0.1) is 20.5 Å². The molecule has 0 aromatic heterocycles. The Morgan fingerprint density at radius 3 is 2.33 bits per heavy atom. The number of hydrogen-bond donors (Lipinski definition) is 0. The van der Waals surface area contributed by atoms with Gasteiger partial charge in [-0.3, -0.25) is 4.79 Å². The first-order valence-corrected chi connectivity index (χ1v) is 11.3. The highest BCUT2D eigenvalue weighted by Gasteiger charge is 2.42. The van der Waals surface area contributed by atoms with Gasteiger partial charge in [-0.1, -0.05) is 0 Å². The molecule has 5 nitrogen and oxygen atoms in total. The van der Waals surface area contributed by atoms with Gasteiger partial charge >= 0.3 is 0 Å². The summed E-state index contributed by atoms with van der Waals surface area (Å²) in [6, 6.07) is 3.81. The van der Waals surface area contributed by atoms with E-state index in [1.807, 2.05) is 19.1 Å². The lowest BCUT2D eigenvalue weighted by Gasteiger charge is -2.28. The van der Waals surface area contributed by atoms with Crippen LogP contribution in [0.1, 0.15) is 24.8 Å². The summed E-state index contributed by atoms with van der Waals surface area (Å²) < 4.78 is 30.7. The van der Waals surface area contributed by atoms with Gasteiger partial charge in [0.2, 0.25) is 0 Å². The standard InChI is InChI=1S/C16H19Br2NO4S/c1-10-6-13(17)16(14(18)7-10)23-8-15(20)19(11-2-3-11)12-4-5-24(21,22)9-12/h6-7,11-12H,2-5,8-9H2,1H3/t12-/m1/s1. The molecular weight excluding hydrogens is 462 g/mol. The molecule has 24 heavy (non-hydrogen) atoms. The molecule has 1 aromatic carbocycles. The molecule has 2 fully saturated rings. The van der Waals surface area contributed by atoms with Crippen molar-refractivity contribution in [2.24, 2.45) is 0 Å². The van der Waals surface area contributed by atoms with Crippen molar-refractivity contribution in [2.75, 3.05) is 18.1 Å². The van der Waals surface area contributed by atoms with Gasteiger partial charge in [0.1, 0.15) is 5.75 Å². The van der Waals surface area contributed by atoms with Crippen molar-refractivity contribution >= 4 is 47.6 Å². The van der Waals surface area contributed by atoms with E-state index in [1.54, 1.807) is 4.90 Å². The highest BCUT2D eigenvalue weighted by atomic mass is 79.9. The van der Waals surface area contributed by atoms with Gasteiger partial charge in [-0.25, -0.2) is 8.42 Å². The number of rotatable bonds is 5. The second-order valence-corrected chi connectivity index (χ2v) is 10.4. The lowest BCUT2D eigenvalue weighted by atomic mass is 10.2. The second kappa shape index (κ2) is 6.96. The molecule has 1 aliphatic carbocycles. The predicted octanol–water partition coefficient (Wildman–Crippen LogP) is 3.08. The Labute approximate surface area is 158 Å². The minimum Gasteiger partial charge on any atom is -0.481 e. The zero-order chi connectivity index (χ0) is 17.5. The third-order valence-electron chi connectivity index (χ3n) is 4.31. The van der Waals surface area contributed by atoms with Crippen LogP contribution in [-0.4, -0.2) is 49.4 Å². The summed E-state index contributed by atoms with van der Waals surface area (Å²) in [6.07, 6.45) is 2.42. The quantitative estimate of drug-likeness (QED) is 0.649. The fraction of sp³-hybridized carbons (Fsp3) is 0.562. The molecule has 1 atom stereocenters. The molecule has 3 rings (SSSR count). The molecule has 0 unspecified atom stereocenters. The van der Waals surface area contributed by atoms with E-state index in [0.717, 1.165) is 27.4 Å². The lowest BCUT2D eigenvalue weighted by molar-refractivity contribution is -0.135. The molecule has 1 aliphatic heterocycles. The number of benzene rings is 1. The molecule has 1 heterocycles. The van der Waals surface area contributed by atoms with Crippen LogP contribution >= 0.6 is 31.9 Å². The van der Waals surface area contributed by atoms with Crippen LogP contribution < -0.4 is 4.74 Å². The monoisotopic (exact) mass is 479 g/mol. The van der Waals surface area contributed by atoms with Crippen LogP contribution in [0.4, 0.5) is 0 Å². The molecule has 1 saturated heterocycles. The van der Waals surface area contributed by atoms with Gasteiger partial charge < -0.3 is 9.64 Å².